The zero-order valence-electron chi connectivity index (χ0n) is 9.75. The molecule has 1 saturated heterocycles. The topological polar surface area (TPSA) is 15.3 Å². The van der Waals surface area contributed by atoms with E-state index in [1.165, 1.54) is 31.6 Å². The normalized spacial score (nSPS) is 21.5. The van der Waals surface area contributed by atoms with Crippen LogP contribution in [0.3, 0.4) is 0 Å². The predicted molar refractivity (Wildman–Crippen MR) is 63.7 cm³/mol. The third-order valence-electron chi connectivity index (χ3n) is 3.16. The quantitative estimate of drug-likeness (QED) is 0.836. The van der Waals surface area contributed by atoms with Crippen molar-refractivity contribution in [2.75, 3.05) is 26.7 Å². The molecule has 1 fully saturated rings. The number of hydrogen-bond donors (Lipinski definition) is 1. The molecule has 1 aliphatic rings. The van der Waals surface area contributed by atoms with E-state index in [0.29, 0.717) is 0 Å². The van der Waals surface area contributed by atoms with Crippen molar-refractivity contribution in [3.63, 3.8) is 0 Å². The van der Waals surface area contributed by atoms with Crippen LogP contribution in [0.5, 0.6) is 0 Å². The molecule has 1 aromatic carbocycles. The minimum atomic E-state index is -0.166. The Hall–Kier alpha value is -0.930. The van der Waals surface area contributed by atoms with Crippen molar-refractivity contribution >= 4 is 0 Å². The Bertz CT molecular complexity index is 323. The van der Waals surface area contributed by atoms with E-state index in [1.807, 2.05) is 12.1 Å². The summed E-state index contributed by atoms with van der Waals surface area (Å²) in [6.45, 7) is 4.29. The molecular formula is C13H19FN2. The van der Waals surface area contributed by atoms with Crippen LogP contribution in [-0.4, -0.2) is 31.6 Å². The smallest absolute Gasteiger partial charge is 0.123 e. The van der Waals surface area contributed by atoms with E-state index in [0.717, 1.165) is 24.6 Å². The van der Waals surface area contributed by atoms with Gasteiger partial charge in [-0.1, -0.05) is 12.1 Å². The number of hydrogen-bond acceptors (Lipinski definition) is 2. The van der Waals surface area contributed by atoms with Crippen LogP contribution in [0, 0.1) is 11.7 Å². The van der Waals surface area contributed by atoms with Crippen molar-refractivity contribution in [2.24, 2.45) is 5.92 Å². The standard InChI is InChI=1S/C13H19FN2/c1-16-7-6-12(10-16)9-15-8-11-2-4-13(14)5-3-11/h2-5,12,15H,6-10H2,1H3/t12-/m0/s1. The summed E-state index contributed by atoms with van der Waals surface area (Å²) in [6, 6.07) is 6.70. The Morgan fingerprint density at radius 3 is 2.75 bits per heavy atom. The number of nitrogens with zero attached hydrogens (tertiary/aromatic N) is 1. The third kappa shape index (κ3) is 3.29. The van der Waals surface area contributed by atoms with Crippen molar-refractivity contribution in [2.45, 2.75) is 13.0 Å². The van der Waals surface area contributed by atoms with Crippen molar-refractivity contribution in [3.8, 4) is 0 Å². The minimum absolute atomic E-state index is 0.166. The van der Waals surface area contributed by atoms with Gasteiger partial charge in [-0.25, -0.2) is 4.39 Å². The Balaban J connectivity index is 1.70. The van der Waals surface area contributed by atoms with Gasteiger partial charge in [0.05, 0.1) is 0 Å². The number of halogens is 1. The van der Waals surface area contributed by atoms with Gasteiger partial charge in [-0.05, 0) is 50.2 Å². The lowest BCUT2D eigenvalue weighted by molar-refractivity contribution is 0.388. The molecule has 0 aromatic heterocycles. The first-order valence-corrected chi connectivity index (χ1v) is 5.88. The van der Waals surface area contributed by atoms with Crippen LogP contribution in [0.1, 0.15) is 12.0 Å². The maximum absolute atomic E-state index is 12.7. The molecule has 0 spiro atoms. The summed E-state index contributed by atoms with van der Waals surface area (Å²) in [7, 11) is 2.17. The average Bonchev–Trinajstić information content (AvgIpc) is 2.67. The Morgan fingerprint density at radius 1 is 1.38 bits per heavy atom. The second kappa shape index (κ2) is 5.41. The van der Waals surface area contributed by atoms with Crippen molar-refractivity contribution in [3.05, 3.63) is 35.6 Å². The molecule has 3 heteroatoms. The lowest BCUT2D eigenvalue weighted by Crippen LogP contribution is -2.24. The van der Waals surface area contributed by atoms with E-state index >= 15 is 0 Å². The summed E-state index contributed by atoms with van der Waals surface area (Å²) in [5.74, 6) is 0.603. The van der Waals surface area contributed by atoms with E-state index in [1.54, 1.807) is 0 Å². The lowest BCUT2D eigenvalue weighted by Gasteiger charge is -2.11. The van der Waals surface area contributed by atoms with Crippen LogP contribution >= 0.6 is 0 Å². The van der Waals surface area contributed by atoms with Gasteiger partial charge in [-0.15, -0.1) is 0 Å². The van der Waals surface area contributed by atoms with Crippen LogP contribution in [0.2, 0.25) is 0 Å². The second-order valence-electron chi connectivity index (χ2n) is 4.67. The molecular weight excluding hydrogens is 203 g/mol. The summed E-state index contributed by atoms with van der Waals surface area (Å²) < 4.78 is 12.7. The first-order valence-electron chi connectivity index (χ1n) is 5.88. The zero-order chi connectivity index (χ0) is 11.4. The Kier molecular flexibility index (Phi) is 3.91. The number of nitrogens with one attached hydrogen (secondary N) is 1. The highest BCUT2D eigenvalue weighted by molar-refractivity contribution is 5.15. The van der Waals surface area contributed by atoms with Crippen LogP contribution in [-0.2, 0) is 6.54 Å². The van der Waals surface area contributed by atoms with Crippen molar-refractivity contribution in [1.29, 1.82) is 0 Å². The highest BCUT2D eigenvalue weighted by Gasteiger charge is 2.18. The van der Waals surface area contributed by atoms with Gasteiger partial charge in [-0.3, -0.25) is 0 Å². The average molecular weight is 222 g/mol. The van der Waals surface area contributed by atoms with Crippen LogP contribution in [0.15, 0.2) is 24.3 Å². The predicted octanol–water partition coefficient (Wildman–Crippen LogP) is 1.87. The molecule has 0 aliphatic carbocycles. The fourth-order valence-corrected chi connectivity index (χ4v) is 2.22. The van der Waals surface area contributed by atoms with E-state index in [2.05, 4.69) is 17.3 Å². The summed E-state index contributed by atoms with van der Waals surface area (Å²) >= 11 is 0. The van der Waals surface area contributed by atoms with Crippen molar-refractivity contribution in [1.82, 2.24) is 10.2 Å². The highest BCUT2D eigenvalue weighted by Crippen LogP contribution is 2.13. The van der Waals surface area contributed by atoms with Crippen LogP contribution in [0.4, 0.5) is 4.39 Å². The molecule has 1 N–H and O–H groups in total. The van der Waals surface area contributed by atoms with Gasteiger partial charge in [0.1, 0.15) is 5.82 Å². The summed E-state index contributed by atoms with van der Waals surface area (Å²) in [5, 5.41) is 3.43. The van der Waals surface area contributed by atoms with Gasteiger partial charge in [0.2, 0.25) is 0 Å². The largest absolute Gasteiger partial charge is 0.312 e. The second-order valence-corrected chi connectivity index (χ2v) is 4.67. The fraction of sp³-hybridized carbons (Fsp3) is 0.538. The summed E-state index contributed by atoms with van der Waals surface area (Å²) in [5.41, 5.74) is 1.15. The molecule has 1 aromatic rings. The van der Waals surface area contributed by atoms with E-state index in [4.69, 9.17) is 0 Å². The molecule has 0 amide bonds. The Labute approximate surface area is 96.5 Å². The molecule has 2 rings (SSSR count). The molecule has 88 valence electrons. The van der Waals surface area contributed by atoms with Gasteiger partial charge in [0.25, 0.3) is 0 Å². The molecule has 1 atom stereocenters. The third-order valence-corrected chi connectivity index (χ3v) is 3.16. The van der Waals surface area contributed by atoms with Crippen LogP contribution < -0.4 is 5.32 Å². The van der Waals surface area contributed by atoms with Crippen LogP contribution in [0.25, 0.3) is 0 Å². The molecule has 1 heterocycles. The van der Waals surface area contributed by atoms with Gasteiger partial charge in [-0.2, -0.15) is 0 Å². The number of likely N-dealkylation sites (tertiary alicyclic amines) is 1. The molecule has 1 aliphatic heterocycles. The molecule has 16 heavy (non-hydrogen) atoms. The first-order chi connectivity index (χ1) is 7.74. The molecule has 0 radical (unpaired) electrons. The van der Waals surface area contributed by atoms with E-state index in [-0.39, 0.29) is 5.82 Å². The van der Waals surface area contributed by atoms with E-state index in [9.17, 15) is 4.39 Å². The summed E-state index contributed by atoms with van der Waals surface area (Å²) in [6.07, 6.45) is 1.28. The maximum Gasteiger partial charge on any atom is 0.123 e. The molecule has 0 unspecified atom stereocenters. The molecule has 0 saturated carbocycles. The number of benzene rings is 1. The highest BCUT2D eigenvalue weighted by atomic mass is 19.1. The van der Waals surface area contributed by atoms with Gasteiger partial charge < -0.3 is 10.2 Å². The minimum Gasteiger partial charge on any atom is -0.312 e. The van der Waals surface area contributed by atoms with Gasteiger partial charge >= 0.3 is 0 Å². The van der Waals surface area contributed by atoms with Gasteiger partial charge in [0, 0.05) is 13.1 Å². The SMILES string of the molecule is CN1CC[C@@H](CNCc2ccc(F)cc2)C1. The summed E-state index contributed by atoms with van der Waals surface area (Å²) in [4.78, 5) is 2.37. The Morgan fingerprint density at radius 2 is 2.12 bits per heavy atom. The monoisotopic (exact) mass is 222 g/mol. The van der Waals surface area contributed by atoms with Gasteiger partial charge in [0.15, 0.2) is 0 Å². The molecule has 0 bridgehead atoms. The van der Waals surface area contributed by atoms with Crippen molar-refractivity contribution < 1.29 is 4.39 Å². The zero-order valence-corrected chi connectivity index (χ0v) is 9.75. The number of rotatable bonds is 4. The first kappa shape index (κ1) is 11.6. The van der Waals surface area contributed by atoms with E-state index < -0.39 is 0 Å². The maximum atomic E-state index is 12.7. The lowest BCUT2D eigenvalue weighted by atomic mass is 10.1. The molecule has 2 nitrogen and oxygen atoms in total. The fourth-order valence-electron chi connectivity index (χ4n) is 2.22.